The summed E-state index contributed by atoms with van der Waals surface area (Å²) >= 11 is 0. The minimum absolute atomic E-state index is 0.580. The van der Waals surface area contributed by atoms with Crippen LogP contribution in [-0.2, 0) is 16.1 Å². The summed E-state index contributed by atoms with van der Waals surface area (Å²) in [5.74, 6) is 0. The van der Waals surface area contributed by atoms with Gasteiger partial charge in [0.1, 0.15) is 0 Å². The molecule has 1 rings (SSSR count). The van der Waals surface area contributed by atoms with E-state index in [2.05, 4.69) is 0 Å². The van der Waals surface area contributed by atoms with Gasteiger partial charge in [0, 0.05) is 31.6 Å². The van der Waals surface area contributed by atoms with Gasteiger partial charge in [-0.1, -0.05) is 18.2 Å². The zero-order valence-corrected chi connectivity index (χ0v) is 8.53. The van der Waals surface area contributed by atoms with Crippen molar-refractivity contribution in [2.45, 2.75) is 13.0 Å². The molecule has 0 bridgehead atoms. The molecule has 1 aromatic rings. The molecule has 0 atom stereocenters. The van der Waals surface area contributed by atoms with Gasteiger partial charge in [-0.25, -0.2) is 0 Å². The zero-order chi connectivity index (χ0) is 10.2. The fourth-order valence-electron chi connectivity index (χ4n) is 1.15. The molecular weight excluding hydrogens is 178 g/mol. The highest BCUT2D eigenvalue weighted by Gasteiger charge is 1.96. The summed E-state index contributed by atoms with van der Waals surface area (Å²) in [5, 5.41) is 0. The van der Waals surface area contributed by atoms with Gasteiger partial charge < -0.3 is 15.2 Å². The van der Waals surface area contributed by atoms with Crippen molar-refractivity contribution >= 4 is 5.69 Å². The lowest BCUT2D eigenvalue weighted by Crippen LogP contribution is -2.01. The number of anilines is 1. The van der Waals surface area contributed by atoms with Gasteiger partial charge in [0.25, 0.3) is 0 Å². The lowest BCUT2D eigenvalue weighted by atomic mass is 10.2. The van der Waals surface area contributed by atoms with E-state index >= 15 is 0 Å². The van der Waals surface area contributed by atoms with Crippen molar-refractivity contribution in [1.29, 1.82) is 0 Å². The van der Waals surface area contributed by atoms with Crippen molar-refractivity contribution in [2.24, 2.45) is 0 Å². The molecule has 0 radical (unpaired) electrons. The van der Waals surface area contributed by atoms with Crippen molar-refractivity contribution in [1.82, 2.24) is 0 Å². The number of ether oxygens (including phenoxy) is 2. The second-order valence-electron chi connectivity index (χ2n) is 3.10. The summed E-state index contributed by atoms with van der Waals surface area (Å²) in [7, 11) is 1.69. The summed E-state index contributed by atoms with van der Waals surface area (Å²) in [6.07, 6.45) is 0.920. The van der Waals surface area contributed by atoms with Crippen LogP contribution in [0.4, 0.5) is 5.69 Å². The van der Waals surface area contributed by atoms with Gasteiger partial charge in [0.05, 0.1) is 6.61 Å². The quantitative estimate of drug-likeness (QED) is 0.556. The number of methoxy groups -OCH3 is 1. The largest absolute Gasteiger partial charge is 0.398 e. The lowest BCUT2D eigenvalue weighted by molar-refractivity contribution is 0.0931. The third-order valence-corrected chi connectivity index (χ3v) is 1.95. The van der Waals surface area contributed by atoms with Gasteiger partial charge in [0.2, 0.25) is 0 Å². The van der Waals surface area contributed by atoms with E-state index in [4.69, 9.17) is 15.2 Å². The number of hydrogen-bond donors (Lipinski definition) is 1. The molecule has 0 aliphatic carbocycles. The lowest BCUT2D eigenvalue weighted by Gasteiger charge is -2.06. The van der Waals surface area contributed by atoms with Crippen LogP contribution in [0.5, 0.6) is 0 Å². The van der Waals surface area contributed by atoms with E-state index < -0.39 is 0 Å². The van der Waals surface area contributed by atoms with Gasteiger partial charge in [-0.15, -0.1) is 0 Å². The first-order chi connectivity index (χ1) is 6.84. The van der Waals surface area contributed by atoms with Crippen LogP contribution < -0.4 is 5.73 Å². The molecule has 2 N–H and O–H groups in total. The van der Waals surface area contributed by atoms with Crippen molar-refractivity contribution < 1.29 is 9.47 Å². The molecule has 0 aromatic heterocycles. The molecule has 0 saturated carbocycles. The number of hydrogen-bond acceptors (Lipinski definition) is 3. The highest BCUT2D eigenvalue weighted by Crippen LogP contribution is 2.11. The SMILES string of the molecule is COCCCOCc1ccccc1N. The Hall–Kier alpha value is -1.06. The highest BCUT2D eigenvalue weighted by molar-refractivity contribution is 5.45. The predicted octanol–water partition coefficient (Wildman–Crippen LogP) is 1.82. The molecule has 0 aliphatic rings. The van der Waals surface area contributed by atoms with E-state index in [1.54, 1.807) is 7.11 Å². The molecular formula is C11H17NO2. The highest BCUT2D eigenvalue weighted by atomic mass is 16.5. The number of nitrogen functional groups attached to an aromatic ring is 1. The predicted molar refractivity (Wildman–Crippen MR) is 57.0 cm³/mol. The Balaban J connectivity index is 2.21. The molecule has 3 nitrogen and oxygen atoms in total. The summed E-state index contributed by atoms with van der Waals surface area (Å²) in [6.45, 7) is 2.03. The Morgan fingerprint density at radius 2 is 2.00 bits per heavy atom. The first-order valence-electron chi connectivity index (χ1n) is 4.74. The fraction of sp³-hybridized carbons (Fsp3) is 0.455. The Kier molecular flexibility index (Phi) is 5.04. The smallest absolute Gasteiger partial charge is 0.0736 e. The topological polar surface area (TPSA) is 44.5 Å². The van der Waals surface area contributed by atoms with Crippen LogP contribution in [0.25, 0.3) is 0 Å². The van der Waals surface area contributed by atoms with Crippen molar-refractivity contribution in [3.63, 3.8) is 0 Å². The van der Waals surface area contributed by atoms with Crippen molar-refractivity contribution in [2.75, 3.05) is 26.1 Å². The monoisotopic (exact) mass is 195 g/mol. The van der Waals surface area contributed by atoms with Crippen LogP contribution in [-0.4, -0.2) is 20.3 Å². The summed E-state index contributed by atoms with van der Waals surface area (Å²) in [4.78, 5) is 0. The Morgan fingerprint density at radius 1 is 1.21 bits per heavy atom. The standard InChI is InChI=1S/C11H17NO2/c1-13-7-4-8-14-9-10-5-2-3-6-11(10)12/h2-3,5-6H,4,7-9,12H2,1H3. The fourth-order valence-corrected chi connectivity index (χ4v) is 1.15. The molecule has 14 heavy (non-hydrogen) atoms. The Bertz CT molecular complexity index is 263. The van der Waals surface area contributed by atoms with Crippen LogP contribution in [0.15, 0.2) is 24.3 Å². The summed E-state index contributed by atoms with van der Waals surface area (Å²) in [6, 6.07) is 7.74. The molecule has 0 aliphatic heterocycles. The summed E-state index contributed by atoms with van der Waals surface area (Å²) < 4.78 is 10.4. The van der Waals surface area contributed by atoms with Crippen molar-refractivity contribution in [3.8, 4) is 0 Å². The average Bonchev–Trinajstić information content (AvgIpc) is 2.20. The number of nitrogens with two attached hydrogens (primary N) is 1. The van der Waals surface area contributed by atoms with Gasteiger partial charge in [-0.05, 0) is 12.5 Å². The van der Waals surface area contributed by atoms with Crippen LogP contribution in [0.1, 0.15) is 12.0 Å². The van der Waals surface area contributed by atoms with E-state index in [0.717, 1.165) is 24.3 Å². The molecule has 0 spiro atoms. The van der Waals surface area contributed by atoms with E-state index in [9.17, 15) is 0 Å². The second kappa shape index (κ2) is 6.40. The molecule has 0 amide bonds. The normalized spacial score (nSPS) is 10.4. The zero-order valence-electron chi connectivity index (χ0n) is 8.53. The van der Waals surface area contributed by atoms with Gasteiger partial charge in [0.15, 0.2) is 0 Å². The van der Waals surface area contributed by atoms with Crippen LogP contribution in [0.3, 0.4) is 0 Å². The molecule has 0 heterocycles. The summed E-state index contributed by atoms with van der Waals surface area (Å²) in [5.41, 5.74) is 7.59. The average molecular weight is 195 g/mol. The van der Waals surface area contributed by atoms with Gasteiger partial charge in [-0.3, -0.25) is 0 Å². The van der Waals surface area contributed by atoms with Crippen molar-refractivity contribution in [3.05, 3.63) is 29.8 Å². The van der Waals surface area contributed by atoms with E-state index in [1.165, 1.54) is 0 Å². The molecule has 3 heteroatoms. The number of rotatable bonds is 6. The Labute approximate surface area is 84.8 Å². The van der Waals surface area contributed by atoms with Gasteiger partial charge in [-0.2, -0.15) is 0 Å². The third-order valence-electron chi connectivity index (χ3n) is 1.95. The first kappa shape index (κ1) is 11.0. The van der Waals surface area contributed by atoms with Crippen LogP contribution in [0, 0.1) is 0 Å². The van der Waals surface area contributed by atoms with E-state index in [-0.39, 0.29) is 0 Å². The Morgan fingerprint density at radius 3 is 2.71 bits per heavy atom. The molecule has 0 fully saturated rings. The molecule has 0 saturated heterocycles. The van der Waals surface area contributed by atoms with Gasteiger partial charge >= 0.3 is 0 Å². The third kappa shape index (κ3) is 3.77. The van der Waals surface area contributed by atoms with Crippen LogP contribution in [0.2, 0.25) is 0 Å². The maximum absolute atomic E-state index is 5.76. The molecule has 1 aromatic carbocycles. The minimum atomic E-state index is 0.580. The minimum Gasteiger partial charge on any atom is -0.398 e. The number of benzene rings is 1. The maximum atomic E-state index is 5.76. The first-order valence-corrected chi connectivity index (χ1v) is 4.74. The second-order valence-corrected chi connectivity index (χ2v) is 3.10. The van der Waals surface area contributed by atoms with E-state index in [0.29, 0.717) is 13.2 Å². The molecule has 78 valence electrons. The number of para-hydroxylation sites is 1. The molecule has 0 unspecified atom stereocenters. The van der Waals surface area contributed by atoms with E-state index in [1.807, 2.05) is 24.3 Å². The maximum Gasteiger partial charge on any atom is 0.0736 e. The van der Waals surface area contributed by atoms with Crippen LogP contribution >= 0.6 is 0 Å².